The number of ether oxygens (including phenoxy) is 1. The number of alkyl halides is 3. The van der Waals surface area contributed by atoms with Gasteiger partial charge in [0, 0.05) is 49.3 Å². The van der Waals surface area contributed by atoms with E-state index in [2.05, 4.69) is 27.3 Å². The fraction of sp³-hybridized carbons (Fsp3) is 0.562. The zero-order chi connectivity index (χ0) is 31.9. The Balaban J connectivity index is 1.40. The summed E-state index contributed by atoms with van der Waals surface area (Å²) >= 11 is 1.61. The Labute approximate surface area is 265 Å². The highest BCUT2D eigenvalue weighted by molar-refractivity contribution is 7.98. The van der Waals surface area contributed by atoms with E-state index >= 15 is 0 Å². The minimum absolute atomic E-state index is 0.00384. The van der Waals surface area contributed by atoms with Crippen LogP contribution in [-0.4, -0.2) is 75.4 Å². The zero-order valence-corrected chi connectivity index (χ0v) is 27.0. The third-order valence-corrected chi connectivity index (χ3v) is 9.97. The van der Waals surface area contributed by atoms with Crippen LogP contribution >= 0.6 is 11.8 Å². The van der Waals surface area contributed by atoms with Crippen LogP contribution in [0.3, 0.4) is 0 Å². The van der Waals surface area contributed by atoms with E-state index in [9.17, 15) is 18.0 Å². The minimum atomic E-state index is -4.61. The third kappa shape index (κ3) is 6.18. The smallest absolute Gasteiger partial charge is 0.379 e. The van der Waals surface area contributed by atoms with Crippen LogP contribution in [0.2, 0.25) is 0 Å². The van der Waals surface area contributed by atoms with Gasteiger partial charge in [-0.3, -0.25) is 14.6 Å². The Morgan fingerprint density at radius 2 is 2.02 bits per heavy atom. The van der Waals surface area contributed by atoms with E-state index in [-0.39, 0.29) is 23.7 Å². The van der Waals surface area contributed by atoms with Gasteiger partial charge in [0.2, 0.25) is 0 Å². The molecular formula is C32H40F3N7O2S. The molecule has 3 aliphatic rings. The van der Waals surface area contributed by atoms with Gasteiger partial charge in [-0.25, -0.2) is 4.98 Å². The third-order valence-electron chi connectivity index (χ3n) is 9.32. The van der Waals surface area contributed by atoms with Crippen LogP contribution in [-0.2, 0) is 36.3 Å². The molecule has 1 aromatic carbocycles. The molecule has 5 heterocycles. The molecule has 1 N–H and O–H groups in total. The summed E-state index contributed by atoms with van der Waals surface area (Å²) in [7, 11) is 1.88. The first-order valence-electron chi connectivity index (χ1n) is 15.5. The second-order valence-corrected chi connectivity index (χ2v) is 13.5. The number of carbonyl (C=O) groups excluding carboxylic acids is 1. The lowest BCUT2D eigenvalue weighted by atomic mass is 9.75. The minimum Gasteiger partial charge on any atom is -0.379 e. The van der Waals surface area contributed by atoms with Gasteiger partial charge in [-0.2, -0.15) is 24.9 Å². The highest BCUT2D eigenvalue weighted by Crippen LogP contribution is 2.43. The summed E-state index contributed by atoms with van der Waals surface area (Å²) in [6.45, 7) is 7.05. The molecule has 45 heavy (non-hydrogen) atoms. The number of aromatic nitrogens is 4. The molecule has 9 nitrogen and oxygen atoms in total. The van der Waals surface area contributed by atoms with E-state index in [0.29, 0.717) is 55.0 Å². The normalized spacial score (nSPS) is 20.6. The maximum atomic E-state index is 14.7. The predicted molar refractivity (Wildman–Crippen MR) is 169 cm³/mol. The maximum absolute atomic E-state index is 14.7. The van der Waals surface area contributed by atoms with Gasteiger partial charge in [-0.15, -0.1) is 10.2 Å². The fourth-order valence-electron chi connectivity index (χ4n) is 6.86. The maximum Gasteiger partial charge on any atom is 0.416 e. The Morgan fingerprint density at radius 1 is 1.22 bits per heavy atom. The topological polar surface area (TPSA) is 88.4 Å². The van der Waals surface area contributed by atoms with Gasteiger partial charge in [0.05, 0.1) is 25.3 Å². The molecule has 0 radical (unpaired) electrons. The number of hydrogen-bond donors (Lipinski definition) is 1. The van der Waals surface area contributed by atoms with Crippen molar-refractivity contribution in [3.63, 3.8) is 0 Å². The molecule has 2 saturated heterocycles. The molecule has 13 heteroatoms. The van der Waals surface area contributed by atoms with Crippen LogP contribution in [0.5, 0.6) is 0 Å². The van der Waals surface area contributed by atoms with Crippen LogP contribution < -0.4 is 10.2 Å². The van der Waals surface area contributed by atoms with E-state index in [4.69, 9.17) is 9.72 Å². The first-order valence-corrected chi connectivity index (χ1v) is 16.9. The van der Waals surface area contributed by atoms with Gasteiger partial charge >= 0.3 is 6.18 Å². The number of aryl methyl sites for hydroxylation is 1. The number of benzene rings is 1. The molecule has 6 rings (SSSR count). The van der Waals surface area contributed by atoms with Crippen molar-refractivity contribution in [2.24, 2.45) is 13.0 Å². The number of nitrogens with one attached hydrogen (secondary N) is 1. The summed E-state index contributed by atoms with van der Waals surface area (Å²) in [5.74, 6) is 2.30. The molecule has 0 bridgehead atoms. The molecule has 2 atom stereocenters. The molecule has 3 aliphatic heterocycles. The first-order chi connectivity index (χ1) is 21.5. The van der Waals surface area contributed by atoms with E-state index < -0.39 is 23.1 Å². The number of thioether (sulfide) groups is 1. The van der Waals surface area contributed by atoms with Crippen molar-refractivity contribution >= 4 is 29.3 Å². The number of rotatable bonds is 10. The molecule has 0 saturated carbocycles. The number of pyridine rings is 1. The Kier molecular flexibility index (Phi) is 8.88. The van der Waals surface area contributed by atoms with Gasteiger partial charge in [0.1, 0.15) is 23.8 Å². The van der Waals surface area contributed by atoms with Crippen molar-refractivity contribution in [1.29, 1.82) is 0 Å². The second kappa shape index (κ2) is 12.6. The summed E-state index contributed by atoms with van der Waals surface area (Å²) in [6, 6.07) is 6.54. The lowest BCUT2D eigenvalue weighted by Crippen LogP contribution is -2.49. The Hall–Kier alpha value is -3.16. The predicted octanol–water partition coefficient (Wildman–Crippen LogP) is 5.47. The largest absolute Gasteiger partial charge is 0.416 e. The highest BCUT2D eigenvalue weighted by Gasteiger charge is 2.45. The van der Waals surface area contributed by atoms with Gasteiger partial charge in [-0.05, 0) is 79.4 Å². The number of piperidine rings is 1. The zero-order valence-electron chi connectivity index (χ0n) is 26.2. The van der Waals surface area contributed by atoms with Gasteiger partial charge in [-0.1, -0.05) is 6.92 Å². The molecule has 0 aliphatic carbocycles. The monoisotopic (exact) mass is 643 g/mol. The van der Waals surface area contributed by atoms with Crippen LogP contribution in [0.4, 0.5) is 24.8 Å². The first kappa shape index (κ1) is 31.8. The van der Waals surface area contributed by atoms with E-state index in [0.717, 1.165) is 37.3 Å². The van der Waals surface area contributed by atoms with Crippen molar-refractivity contribution < 1.29 is 22.7 Å². The molecule has 1 amide bonds. The molecule has 2 fully saturated rings. The van der Waals surface area contributed by atoms with Crippen LogP contribution in [0.1, 0.15) is 71.2 Å². The van der Waals surface area contributed by atoms with Crippen LogP contribution in [0, 0.1) is 5.92 Å². The van der Waals surface area contributed by atoms with E-state index in [1.807, 2.05) is 36.9 Å². The molecule has 0 spiro atoms. The van der Waals surface area contributed by atoms with E-state index in [1.54, 1.807) is 24.2 Å². The van der Waals surface area contributed by atoms with Crippen molar-refractivity contribution in [3.8, 4) is 0 Å². The number of carbonyl (C=O) groups is 1. The second-order valence-electron chi connectivity index (χ2n) is 12.6. The average molecular weight is 644 g/mol. The lowest BCUT2D eigenvalue weighted by molar-refractivity contribution is -0.138. The molecule has 0 unspecified atom stereocenters. The Morgan fingerprint density at radius 3 is 2.64 bits per heavy atom. The summed E-state index contributed by atoms with van der Waals surface area (Å²) in [5, 5.41) is 11.5. The van der Waals surface area contributed by atoms with Crippen LogP contribution in [0.15, 0.2) is 30.6 Å². The number of hydrogen-bond acceptors (Lipinski definition) is 8. The number of halogens is 3. The fourth-order valence-corrected chi connectivity index (χ4v) is 7.58. The summed E-state index contributed by atoms with van der Waals surface area (Å²) in [4.78, 5) is 22.5. The summed E-state index contributed by atoms with van der Waals surface area (Å²) in [6.07, 6.45) is 1.68. The van der Waals surface area contributed by atoms with Crippen molar-refractivity contribution in [2.45, 2.75) is 57.3 Å². The van der Waals surface area contributed by atoms with Crippen molar-refractivity contribution in [2.75, 3.05) is 55.1 Å². The number of anilines is 2. The van der Waals surface area contributed by atoms with Crippen molar-refractivity contribution in [3.05, 3.63) is 64.2 Å². The standard InChI is InChI=1S/C32H40F3N7O2S/c1-5-36-27-11-22(31(17-44-18-31)13-29-39-37-19-40(29)3)12-28(38-27)42-15-24-23(30(42)43)9-21(10-25(24)32(33,34)35)26(16-45-4)41-8-6-7-20(2)14-41/h9-12,19-20,26H,5-8,13-18H2,1-4H3,(H,36,38)/t20-,26+/m0/s1. The molecule has 3 aromatic rings. The van der Waals surface area contributed by atoms with Gasteiger partial charge in [0.15, 0.2) is 0 Å². The molecule has 242 valence electrons. The highest BCUT2D eigenvalue weighted by atomic mass is 32.2. The van der Waals surface area contributed by atoms with E-state index in [1.165, 1.54) is 11.0 Å². The molecular weight excluding hydrogens is 603 g/mol. The summed E-state index contributed by atoms with van der Waals surface area (Å²) in [5.41, 5.74) is 0.370. The quantitative estimate of drug-likeness (QED) is 0.312. The van der Waals surface area contributed by atoms with Crippen LogP contribution in [0.25, 0.3) is 0 Å². The average Bonchev–Trinajstić information content (AvgIpc) is 3.54. The number of fused-ring (bicyclic) bond motifs is 1. The lowest BCUT2D eigenvalue weighted by Gasteiger charge is -2.42. The van der Waals surface area contributed by atoms with Gasteiger partial charge in [0.25, 0.3) is 5.91 Å². The van der Waals surface area contributed by atoms with Crippen molar-refractivity contribution in [1.82, 2.24) is 24.6 Å². The number of nitrogens with zero attached hydrogens (tertiary/aromatic N) is 6. The SMILES string of the molecule is CCNc1cc(C2(Cc3nncn3C)COC2)cc(N2Cc3c(cc([C@@H](CSC)N4CCC[C@H](C)C4)cc3C(F)(F)F)C2=O)n1. The number of amides is 1. The Bertz CT molecular complexity index is 1560. The van der Waals surface area contributed by atoms with Gasteiger partial charge < -0.3 is 14.6 Å². The summed E-state index contributed by atoms with van der Waals surface area (Å²) < 4.78 is 51.6. The number of likely N-dealkylation sites (tertiary alicyclic amines) is 1. The molecule has 2 aromatic heterocycles.